The molecule has 1 N–H and O–H groups in total. The summed E-state index contributed by atoms with van der Waals surface area (Å²) in [4.78, 5) is 35.4. The summed E-state index contributed by atoms with van der Waals surface area (Å²) in [5.41, 5.74) is 0.885. The van der Waals surface area contributed by atoms with Crippen LogP contribution in [0.15, 0.2) is 72.8 Å². The Bertz CT molecular complexity index is 1250. The first-order valence-corrected chi connectivity index (χ1v) is 10.7. The molecule has 0 heterocycles. The van der Waals surface area contributed by atoms with Crippen LogP contribution in [0.5, 0.6) is 17.2 Å². The molecule has 35 heavy (non-hydrogen) atoms. The maximum absolute atomic E-state index is 12.5. The van der Waals surface area contributed by atoms with Crippen LogP contribution in [0.3, 0.4) is 0 Å². The van der Waals surface area contributed by atoms with E-state index in [9.17, 15) is 19.7 Å². The number of hydrogen-bond acceptors (Lipinski definition) is 7. The highest BCUT2D eigenvalue weighted by Crippen LogP contribution is 2.30. The van der Waals surface area contributed by atoms with Crippen LogP contribution < -0.4 is 19.5 Å². The maximum atomic E-state index is 12.5. The highest BCUT2D eigenvalue weighted by Gasteiger charge is 2.17. The molecule has 3 aromatic carbocycles. The van der Waals surface area contributed by atoms with Gasteiger partial charge < -0.3 is 19.5 Å². The number of carbonyl (C=O) groups is 2. The summed E-state index contributed by atoms with van der Waals surface area (Å²) >= 11 is 0. The van der Waals surface area contributed by atoms with Gasteiger partial charge in [0.2, 0.25) is 0 Å². The third-order valence-electron chi connectivity index (χ3n) is 4.80. The smallest absolute Gasteiger partial charge is 0.280 e. The summed E-state index contributed by atoms with van der Waals surface area (Å²) in [6.07, 6.45) is 2.79. The zero-order valence-corrected chi connectivity index (χ0v) is 19.2. The van der Waals surface area contributed by atoms with Crippen LogP contribution in [0.1, 0.15) is 22.8 Å². The first-order chi connectivity index (χ1) is 16.9. The number of amides is 1. The van der Waals surface area contributed by atoms with E-state index in [1.807, 2.05) is 0 Å². The first kappa shape index (κ1) is 25.0. The number of methoxy groups -OCH3 is 1. The molecule has 1 amide bonds. The molecule has 0 unspecified atom stereocenters. The molecule has 3 aromatic rings. The quantitative estimate of drug-likeness (QED) is 0.181. The Morgan fingerprint density at radius 2 is 1.71 bits per heavy atom. The van der Waals surface area contributed by atoms with Crippen LogP contribution in [0.4, 0.5) is 11.4 Å². The van der Waals surface area contributed by atoms with Gasteiger partial charge in [0.15, 0.2) is 23.9 Å². The number of ether oxygens (including phenoxy) is 3. The fourth-order valence-corrected chi connectivity index (χ4v) is 3.20. The average Bonchev–Trinajstić information content (AvgIpc) is 2.87. The molecule has 180 valence electrons. The van der Waals surface area contributed by atoms with E-state index in [1.54, 1.807) is 55.5 Å². The van der Waals surface area contributed by atoms with Crippen molar-refractivity contribution in [1.29, 1.82) is 0 Å². The third-order valence-corrected chi connectivity index (χ3v) is 4.80. The summed E-state index contributed by atoms with van der Waals surface area (Å²) in [5.74, 6) is 0.393. The predicted octanol–water partition coefficient (Wildman–Crippen LogP) is 4.92. The Balaban J connectivity index is 1.70. The highest BCUT2D eigenvalue weighted by molar-refractivity contribution is 6.09. The average molecular weight is 476 g/mol. The number of ketones is 1. The Labute approximate surface area is 202 Å². The molecular weight excluding hydrogens is 452 g/mol. The van der Waals surface area contributed by atoms with Gasteiger partial charge in [-0.3, -0.25) is 19.7 Å². The second kappa shape index (κ2) is 12.0. The molecular formula is C26H24N2O7. The molecule has 3 rings (SSSR count). The van der Waals surface area contributed by atoms with Gasteiger partial charge in [-0.2, -0.15) is 0 Å². The van der Waals surface area contributed by atoms with Crippen molar-refractivity contribution in [2.24, 2.45) is 0 Å². The van der Waals surface area contributed by atoms with E-state index in [0.717, 1.165) is 0 Å². The zero-order valence-electron chi connectivity index (χ0n) is 19.2. The van der Waals surface area contributed by atoms with Gasteiger partial charge in [-0.05, 0) is 48.9 Å². The van der Waals surface area contributed by atoms with Gasteiger partial charge in [0.1, 0.15) is 5.75 Å². The molecule has 0 radical (unpaired) electrons. The van der Waals surface area contributed by atoms with Crippen molar-refractivity contribution in [3.8, 4) is 17.2 Å². The van der Waals surface area contributed by atoms with Gasteiger partial charge in [-0.15, -0.1) is 0 Å². The van der Waals surface area contributed by atoms with Crippen LogP contribution in [0, 0.1) is 10.1 Å². The Kier molecular flexibility index (Phi) is 8.55. The van der Waals surface area contributed by atoms with Crippen molar-refractivity contribution < 1.29 is 28.7 Å². The van der Waals surface area contributed by atoms with E-state index in [1.165, 1.54) is 37.5 Å². The standard InChI is InChI=1S/C26H24N2O7/c1-3-34-25-16-18(12-14-22(29)19-8-4-6-10-21(19)28(31)32)13-15-24(25)35-17-26(30)27-20-9-5-7-11-23(20)33-2/h4-16H,3,17H2,1-2H3,(H,27,30)/b14-12+. The van der Waals surface area contributed by atoms with E-state index < -0.39 is 10.7 Å². The number of carbonyl (C=O) groups excluding carboxylic acids is 2. The summed E-state index contributed by atoms with van der Waals surface area (Å²) < 4.78 is 16.5. The summed E-state index contributed by atoms with van der Waals surface area (Å²) in [6, 6.07) is 17.7. The molecule has 0 bridgehead atoms. The fourth-order valence-electron chi connectivity index (χ4n) is 3.20. The minimum atomic E-state index is -0.593. The lowest BCUT2D eigenvalue weighted by Crippen LogP contribution is -2.20. The Morgan fingerprint density at radius 1 is 0.971 bits per heavy atom. The lowest BCUT2D eigenvalue weighted by molar-refractivity contribution is -0.385. The predicted molar refractivity (Wildman–Crippen MR) is 131 cm³/mol. The number of rotatable bonds is 11. The molecule has 0 saturated carbocycles. The molecule has 0 aliphatic carbocycles. The molecule has 0 spiro atoms. The van der Waals surface area contributed by atoms with E-state index in [4.69, 9.17) is 14.2 Å². The van der Waals surface area contributed by atoms with Gasteiger partial charge in [0.05, 0.1) is 29.9 Å². The lowest BCUT2D eigenvalue weighted by Gasteiger charge is -2.13. The number of hydrogen-bond donors (Lipinski definition) is 1. The molecule has 0 aliphatic heterocycles. The number of nitrogens with one attached hydrogen (secondary N) is 1. The Morgan fingerprint density at radius 3 is 2.46 bits per heavy atom. The van der Waals surface area contributed by atoms with E-state index in [0.29, 0.717) is 35.1 Å². The van der Waals surface area contributed by atoms with Crippen molar-refractivity contribution in [3.63, 3.8) is 0 Å². The topological polar surface area (TPSA) is 117 Å². The number of nitro groups is 1. The van der Waals surface area contributed by atoms with Crippen molar-refractivity contribution in [1.82, 2.24) is 0 Å². The number of benzene rings is 3. The maximum Gasteiger partial charge on any atom is 0.280 e. The number of allylic oxidation sites excluding steroid dienone is 1. The minimum absolute atomic E-state index is 0.000191. The van der Waals surface area contributed by atoms with Crippen LogP contribution >= 0.6 is 0 Å². The number of anilines is 1. The second-order valence-corrected chi connectivity index (χ2v) is 7.15. The van der Waals surface area contributed by atoms with E-state index in [2.05, 4.69) is 5.32 Å². The van der Waals surface area contributed by atoms with Crippen LogP contribution in [-0.4, -0.2) is 36.9 Å². The normalized spacial score (nSPS) is 10.6. The molecule has 0 atom stereocenters. The van der Waals surface area contributed by atoms with Crippen molar-refractivity contribution in [2.75, 3.05) is 25.6 Å². The van der Waals surface area contributed by atoms with Crippen LogP contribution in [0.2, 0.25) is 0 Å². The second-order valence-electron chi connectivity index (χ2n) is 7.15. The van der Waals surface area contributed by atoms with Crippen molar-refractivity contribution >= 4 is 29.1 Å². The number of nitrogens with zero attached hydrogens (tertiary/aromatic N) is 1. The van der Waals surface area contributed by atoms with E-state index in [-0.39, 0.29) is 23.8 Å². The minimum Gasteiger partial charge on any atom is -0.495 e. The molecule has 0 aromatic heterocycles. The molecule has 0 aliphatic rings. The van der Waals surface area contributed by atoms with E-state index >= 15 is 0 Å². The molecule has 0 saturated heterocycles. The van der Waals surface area contributed by atoms with Gasteiger partial charge >= 0.3 is 0 Å². The SMILES string of the molecule is CCOc1cc(/C=C/C(=O)c2ccccc2[N+](=O)[O-])ccc1OCC(=O)Nc1ccccc1OC. The fraction of sp³-hybridized carbons (Fsp3) is 0.154. The van der Waals surface area contributed by atoms with Gasteiger partial charge in [0.25, 0.3) is 11.6 Å². The van der Waals surface area contributed by atoms with Gasteiger partial charge in [-0.25, -0.2) is 0 Å². The molecule has 9 heteroatoms. The van der Waals surface area contributed by atoms with Crippen molar-refractivity contribution in [2.45, 2.75) is 6.92 Å². The largest absolute Gasteiger partial charge is 0.495 e. The Hall–Kier alpha value is -4.66. The van der Waals surface area contributed by atoms with Gasteiger partial charge in [0, 0.05) is 6.07 Å². The first-order valence-electron chi connectivity index (χ1n) is 10.7. The van der Waals surface area contributed by atoms with Crippen LogP contribution in [-0.2, 0) is 4.79 Å². The van der Waals surface area contributed by atoms with Gasteiger partial charge in [-0.1, -0.05) is 36.4 Å². The van der Waals surface area contributed by atoms with Crippen LogP contribution in [0.25, 0.3) is 6.08 Å². The zero-order chi connectivity index (χ0) is 25.2. The highest BCUT2D eigenvalue weighted by atomic mass is 16.6. The third kappa shape index (κ3) is 6.67. The molecule has 0 fully saturated rings. The van der Waals surface area contributed by atoms with Crippen molar-refractivity contribution in [3.05, 3.63) is 94.0 Å². The molecule has 9 nitrogen and oxygen atoms in total. The monoisotopic (exact) mass is 476 g/mol. The summed E-state index contributed by atoms with van der Waals surface area (Å²) in [5, 5.41) is 13.9. The number of para-hydroxylation sites is 3. The summed E-state index contributed by atoms with van der Waals surface area (Å²) in [6.45, 7) is 1.90. The summed E-state index contributed by atoms with van der Waals surface area (Å²) in [7, 11) is 1.51. The lowest BCUT2D eigenvalue weighted by atomic mass is 10.1. The number of nitro benzene ring substituents is 1.